The normalized spacial score (nSPS) is 11.8. The van der Waals surface area contributed by atoms with Crippen molar-refractivity contribution in [2.45, 2.75) is 0 Å². The number of thiophene rings is 1. The second kappa shape index (κ2) is 11.9. The summed E-state index contributed by atoms with van der Waals surface area (Å²) in [6.45, 7) is 0. The van der Waals surface area contributed by atoms with E-state index < -0.39 is 0 Å². The minimum Gasteiger partial charge on any atom is -0.310 e. The summed E-state index contributed by atoms with van der Waals surface area (Å²) in [6, 6.07) is 70.9. The molecule has 0 radical (unpaired) electrons. The topological polar surface area (TPSA) is 8.17 Å². The van der Waals surface area contributed by atoms with Gasteiger partial charge in [0.25, 0.3) is 0 Å². The summed E-state index contributed by atoms with van der Waals surface area (Å²) in [5.41, 5.74) is 9.35. The molecule has 0 fully saturated rings. The molecule has 0 N–H and O–H groups in total. The monoisotopic (exact) mass is 692 g/mol. The molecule has 0 amide bonds. The van der Waals surface area contributed by atoms with E-state index in [1.807, 2.05) is 11.3 Å². The van der Waals surface area contributed by atoms with Gasteiger partial charge in [0, 0.05) is 59.1 Å². The molecule has 11 aromatic rings. The Hall–Kier alpha value is -6.68. The SMILES string of the molecule is c1ccc(-c2cccc(N(c3ccc4c(c3)sc3ccc5ccccc5c34)c3ccc4c(c3)c3ccc5ccccc5c3n4-c3ccccc3)c2)cc1. The Kier molecular flexibility index (Phi) is 6.76. The van der Waals surface area contributed by atoms with Gasteiger partial charge >= 0.3 is 0 Å². The van der Waals surface area contributed by atoms with E-state index in [1.165, 1.54) is 74.6 Å². The van der Waals surface area contributed by atoms with E-state index in [1.54, 1.807) is 0 Å². The van der Waals surface area contributed by atoms with Crippen LogP contribution in [0, 0.1) is 0 Å². The van der Waals surface area contributed by atoms with Crippen LogP contribution in [0.5, 0.6) is 0 Å². The first kappa shape index (κ1) is 30.0. The summed E-state index contributed by atoms with van der Waals surface area (Å²) in [7, 11) is 0. The van der Waals surface area contributed by atoms with Crippen LogP contribution in [0.4, 0.5) is 17.1 Å². The highest BCUT2D eigenvalue weighted by molar-refractivity contribution is 7.26. The minimum atomic E-state index is 1.12. The van der Waals surface area contributed by atoms with E-state index in [0.29, 0.717) is 0 Å². The van der Waals surface area contributed by atoms with E-state index in [-0.39, 0.29) is 0 Å². The fraction of sp³-hybridized carbons (Fsp3) is 0. The molecule has 0 spiro atoms. The Morgan fingerprint density at radius 2 is 1.02 bits per heavy atom. The van der Waals surface area contributed by atoms with Crippen molar-refractivity contribution in [3.8, 4) is 16.8 Å². The molecule has 2 aromatic heterocycles. The zero-order chi connectivity index (χ0) is 34.9. The Morgan fingerprint density at radius 3 is 1.87 bits per heavy atom. The van der Waals surface area contributed by atoms with Gasteiger partial charge < -0.3 is 9.47 Å². The van der Waals surface area contributed by atoms with Crippen LogP contribution in [0.15, 0.2) is 194 Å². The number of hydrogen-bond acceptors (Lipinski definition) is 2. The van der Waals surface area contributed by atoms with Crippen molar-refractivity contribution in [3.63, 3.8) is 0 Å². The fourth-order valence-electron chi connectivity index (χ4n) is 8.33. The Labute approximate surface area is 311 Å². The second-order valence-electron chi connectivity index (χ2n) is 13.7. The third-order valence-corrected chi connectivity index (χ3v) is 11.8. The molecule has 11 rings (SSSR count). The van der Waals surface area contributed by atoms with Crippen LogP contribution in [0.2, 0.25) is 0 Å². The molecule has 0 aliphatic heterocycles. The summed E-state index contributed by atoms with van der Waals surface area (Å²) < 4.78 is 5.03. The number of hydrogen-bond donors (Lipinski definition) is 0. The molecule has 53 heavy (non-hydrogen) atoms. The highest BCUT2D eigenvalue weighted by Gasteiger charge is 2.20. The van der Waals surface area contributed by atoms with Gasteiger partial charge in [0.05, 0.1) is 11.0 Å². The maximum absolute atomic E-state index is 2.44. The predicted octanol–water partition coefficient (Wildman–Crippen LogP) is 14.6. The smallest absolute Gasteiger partial charge is 0.0619 e. The fourth-order valence-corrected chi connectivity index (χ4v) is 9.48. The highest BCUT2D eigenvalue weighted by atomic mass is 32.1. The van der Waals surface area contributed by atoms with Gasteiger partial charge in [0.2, 0.25) is 0 Å². The van der Waals surface area contributed by atoms with Crippen molar-refractivity contribution >= 4 is 91.9 Å². The van der Waals surface area contributed by atoms with Gasteiger partial charge in [-0.05, 0) is 87.9 Å². The molecule has 0 aliphatic rings. The molecule has 0 atom stereocenters. The van der Waals surface area contributed by atoms with Crippen LogP contribution in [0.3, 0.4) is 0 Å². The lowest BCUT2D eigenvalue weighted by Gasteiger charge is -2.26. The molecule has 0 bridgehead atoms. The van der Waals surface area contributed by atoms with Gasteiger partial charge in [-0.1, -0.05) is 133 Å². The van der Waals surface area contributed by atoms with Crippen molar-refractivity contribution in [1.82, 2.24) is 4.57 Å². The van der Waals surface area contributed by atoms with Gasteiger partial charge in [0.15, 0.2) is 0 Å². The van der Waals surface area contributed by atoms with Crippen molar-refractivity contribution in [2.75, 3.05) is 4.90 Å². The average molecular weight is 693 g/mol. The average Bonchev–Trinajstić information content (AvgIpc) is 3.77. The third kappa shape index (κ3) is 4.78. The standard InChI is InChI=1S/C50H32N2S/c1-3-12-33(13-4-1)36-16-11-19-38(30-36)51(40-24-27-44-48(32-40)53-47-29-23-34-14-7-9-20-41(34)49(44)47)39-25-28-46-45(31-39)43-26-22-35-15-8-10-21-42(35)50(43)52(46)37-17-5-2-6-18-37/h1-32H. The van der Waals surface area contributed by atoms with Gasteiger partial charge in [-0.2, -0.15) is 0 Å². The second-order valence-corrected chi connectivity index (χ2v) is 14.8. The number of benzene rings is 9. The molecular formula is C50H32N2S. The number of rotatable bonds is 5. The molecular weight excluding hydrogens is 661 g/mol. The zero-order valence-electron chi connectivity index (χ0n) is 28.8. The molecule has 0 aliphatic carbocycles. The van der Waals surface area contributed by atoms with E-state index in [0.717, 1.165) is 22.7 Å². The molecule has 2 nitrogen and oxygen atoms in total. The number of anilines is 3. The van der Waals surface area contributed by atoms with E-state index in [2.05, 4.69) is 204 Å². The molecule has 248 valence electrons. The quantitative estimate of drug-likeness (QED) is 0.174. The van der Waals surface area contributed by atoms with Crippen LogP contribution in [0.25, 0.3) is 80.3 Å². The first-order valence-electron chi connectivity index (χ1n) is 18.1. The van der Waals surface area contributed by atoms with Crippen LogP contribution in [-0.2, 0) is 0 Å². The van der Waals surface area contributed by atoms with Crippen LogP contribution >= 0.6 is 11.3 Å². The molecule has 3 heteroatoms. The Bertz CT molecular complexity index is 3170. The third-order valence-electron chi connectivity index (χ3n) is 10.7. The highest BCUT2D eigenvalue weighted by Crippen LogP contribution is 2.45. The Morgan fingerprint density at radius 1 is 0.377 bits per heavy atom. The van der Waals surface area contributed by atoms with E-state index in [4.69, 9.17) is 0 Å². The molecule has 0 saturated heterocycles. The minimum absolute atomic E-state index is 1.12. The summed E-state index contributed by atoms with van der Waals surface area (Å²) in [5.74, 6) is 0. The number of para-hydroxylation sites is 1. The lowest BCUT2D eigenvalue weighted by Crippen LogP contribution is -2.10. The van der Waals surface area contributed by atoms with E-state index >= 15 is 0 Å². The van der Waals surface area contributed by atoms with Gasteiger partial charge in [-0.15, -0.1) is 11.3 Å². The number of fused-ring (bicyclic) bond motifs is 10. The van der Waals surface area contributed by atoms with Crippen molar-refractivity contribution < 1.29 is 0 Å². The largest absolute Gasteiger partial charge is 0.310 e. The first-order valence-corrected chi connectivity index (χ1v) is 18.9. The van der Waals surface area contributed by atoms with Crippen LogP contribution < -0.4 is 4.90 Å². The summed E-state index contributed by atoms with van der Waals surface area (Å²) in [4.78, 5) is 2.43. The molecule has 0 saturated carbocycles. The first-order chi connectivity index (χ1) is 26.3. The Balaban J connectivity index is 1.17. The molecule has 9 aromatic carbocycles. The summed E-state index contributed by atoms with van der Waals surface area (Å²) >= 11 is 1.87. The van der Waals surface area contributed by atoms with Gasteiger partial charge in [-0.25, -0.2) is 0 Å². The maximum atomic E-state index is 2.44. The predicted molar refractivity (Wildman–Crippen MR) is 229 cm³/mol. The van der Waals surface area contributed by atoms with Crippen molar-refractivity contribution in [1.29, 1.82) is 0 Å². The molecule has 0 unspecified atom stereocenters. The lowest BCUT2D eigenvalue weighted by molar-refractivity contribution is 1.18. The van der Waals surface area contributed by atoms with E-state index in [9.17, 15) is 0 Å². The summed E-state index contributed by atoms with van der Waals surface area (Å²) in [5, 5.41) is 10.2. The van der Waals surface area contributed by atoms with Crippen LogP contribution in [-0.4, -0.2) is 4.57 Å². The summed E-state index contributed by atoms with van der Waals surface area (Å²) in [6.07, 6.45) is 0. The number of nitrogens with zero attached hydrogens (tertiary/aromatic N) is 2. The lowest BCUT2D eigenvalue weighted by atomic mass is 10.0. The molecule has 2 heterocycles. The maximum Gasteiger partial charge on any atom is 0.0619 e. The van der Waals surface area contributed by atoms with Gasteiger partial charge in [-0.3, -0.25) is 0 Å². The van der Waals surface area contributed by atoms with Crippen molar-refractivity contribution in [2.24, 2.45) is 0 Å². The van der Waals surface area contributed by atoms with Crippen LogP contribution in [0.1, 0.15) is 0 Å². The van der Waals surface area contributed by atoms with Crippen molar-refractivity contribution in [3.05, 3.63) is 194 Å². The number of aromatic nitrogens is 1. The zero-order valence-corrected chi connectivity index (χ0v) is 29.6. The van der Waals surface area contributed by atoms with Gasteiger partial charge in [0.1, 0.15) is 0 Å².